The Morgan fingerprint density at radius 2 is 1.91 bits per heavy atom. The van der Waals surface area contributed by atoms with Gasteiger partial charge in [-0.1, -0.05) is 13.8 Å². The molecular weight excluding hydrogens is 164 g/mol. The van der Waals surface area contributed by atoms with Gasteiger partial charge >= 0.3 is 5.97 Å². The summed E-state index contributed by atoms with van der Waals surface area (Å²) in [4.78, 5) is 10.1. The van der Waals surface area contributed by atoms with E-state index in [1.54, 1.807) is 6.92 Å². The first-order chi connectivity index (χ1) is 5.00. The van der Waals surface area contributed by atoms with Crippen LogP contribution in [0.15, 0.2) is 0 Å². The fourth-order valence-electron chi connectivity index (χ4n) is 1.57. The van der Waals surface area contributed by atoms with Gasteiger partial charge < -0.3 is 4.74 Å². The summed E-state index contributed by atoms with van der Waals surface area (Å²) in [7, 11) is 0. The van der Waals surface area contributed by atoms with E-state index in [0.29, 0.717) is 0 Å². The zero-order chi connectivity index (χ0) is 8.70. The van der Waals surface area contributed by atoms with Gasteiger partial charge in [-0.3, -0.25) is 0 Å². The first-order valence-electron chi connectivity index (χ1n) is 3.92. The first-order valence-corrected chi connectivity index (χ1v) is 4.30. The van der Waals surface area contributed by atoms with Crippen LogP contribution in [0, 0.1) is 0 Å². The molecular formula is C8H13ClO2. The summed E-state index contributed by atoms with van der Waals surface area (Å²) >= 11 is 6.00. The molecule has 1 atom stereocenters. The largest absolute Gasteiger partial charge is 0.455 e. The van der Waals surface area contributed by atoms with Crippen molar-refractivity contribution in [1.82, 2.24) is 0 Å². The summed E-state index contributed by atoms with van der Waals surface area (Å²) in [6, 6.07) is 0. The molecule has 64 valence electrons. The zero-order valence-corrected chi connectivity index (χ0v) is 7.86. The summed E-state index contributed by atoms with van der Waals surface area (Å²) in [6.45, 7) is 5.69. The van der Waals surface area contributed by atoms with Crippen molar-refractivity contribution >= 4 is 17.6 Å². The Hall–Kier alpha value is -0.240. The van der Waals surface area contributed by atoms with Crippen molar-refractivity contribution < 1.29 is 9.53 Å². The molecule has 0 bridgehead atoms. The highest BCUT2D eigenvalue weighted by Gasteiger charge is 2.63. The second-order valence-electron chi connectivity index (χ2n) is 3.09. The van der Waals surface area contributed by atoms with Gasteiger partial charge in [0.15, 0.2) is 4.87 Å². The Morgan fingerprint density at radius 1 is 1.45 bits per heavy atom. The molecule has 0 spiro atoms. The molecule has 0 N–H and O–H groups in total. The smallest absolute Gasteiger partial charge is 0.331 e. The fourth-order valence-corrected chi connectivity index (χ4v) is 1.91. The van der Waals surface area contributed by atoms with Crippen molar-refractivity contribution in [2.75, 3.05) is 0 Å². The minimum absolute atomic E-state index is 0.289. The predicted molar refractivity (Wildman–Crippen MR) is 43.7 cm³/mol. The summed E-state index contributed by atoms with van der Waals surface area (Å²) in [5.74, 6) is -0.289. The van der Waals surface area contributed by atoms with E-state index in [2.05, 4.69) is 0 Å². The molecule has 3 heteroatoms. The van der Waals surface area contributed by atoms with Crippen LogP contribution in [-0.2, 0) is 9.53 Å². The van der Waals surface area contributed by atoms with Gasteiger partial charge in [-0.2, -0.15) is 0 Å². The second kappa shape index (κ2) is 2.37. The monoisotopic (exact) mass is 176 g/mol. The highest BCUT2D eigenvalue weighted by molar-refractivity contribution is 6.36. The van der Waals surface area contributed by atoms with E-state index in [-0.39, 0.29) is 5.97 Å². The van der Waals surface area contributed by atoms with E-state index in [0.717, 1.165) is 12.8 Å². The Kier molecular flexibility index (Phi) is 1.91. The summed E-state index contributed by atoms with van der Waals surface area (Å²) < 4.78 is 5.07. The van der Waals surface area contributed by atoms with Crippen LogP contribution >= 0.6 is 11.6 Å². The maximum atomic E-state index is 10.9. The Labute approximate surface area is 71.9 Å². The topological polar surface area (TPSA) is 26.3 Å². The van der Waals surface area contributed by atoms with Crippen LogP contribution < -0.4 is 0 Å². The summed E-state index contributed by atoms with van der Waals surface area (Å²) in [5.41, 5.74) is -0.411. The zero-order valence-electron chi connectivity index (χ0n) is 7.11. The average molecular weight is 177 g/mol. The molecule has 0 aromatic carbocycles. The number of hydrogen-bond acceptors (Lipinski definition) is 2. The maximum absolute atomic E-state index is 10.9. The molecule has 0 amide bonds. The molecule has 1 fully saturated rings. The molecule has 2 nitrogen and oxygen atoms in total. The van der Waals surface area contributed by atoms with Crippen molar-refractivity contribution in [2.45, 2.75) is 44.1 Å². The van der Waals surface area contributed by atoms with E-state index < -0.39 is 10.5 Å². The van der Waals surface area contributed by atoms with Gasteiger partial charge in [0.25, 0.3) is 0 Å². The van der Waals surface area contributed by atoms with Crippen LogP contribution in [0.2, 0.25) is 0 Å². The third kappa shape index (κ3) is 0.886. The van der Waals surface area contributed by atoms with E-state index in [9.17, 15) is 4.79 Å². The summed E-state index contributed by atoms with van der Waals surface area (Å²) in [6.07, 6.45) is 1.57. The van der Waals surface area contributed by atoms with Crippen LogP contribution in [0.3, 0.4) is 0 Å². The van der Waals surface area contributed by atoms with Gasteiger partial charge in [0, 0.05) is 0 Å². The predicted octanol–water partition coefficient (Wildman–Crippen LogP) is 2.10. The molecule has 1 saturated heterocycles. The van der Waals surface area contributed by atoms with Crippen LogP contribution in [0.25, 0.3) is 0 Å². The number of cyclic esters (lactones) is 1. The lowest BCUT2D eigenvalue weighted by Crippen LogP contribution is -2.66. The number of alkyl halides is 1. The van der Waals surface area contributed by atoms with Crippen LogP contribution in [0.1, 0.15) is 33.6 Å². The SMILES string of the molecule is CCC1(CC)OC(=O)[C@@]1(C)Cl. The van der Waals surface area contributed by atoms with Gasteiger partial charge in [-0.25, -0.2) is 4.79 Å². The van der Waals surface area contributed by atoms with Crippen LogP contribution in [-0.4, -0.2) is 16.4 Å². The number of carbonyl (C=O) groups is 1. The molecule has 0 aromatic heterocycles. The molecule has 0 radical (unpaired) electrons. The van der Waals surface area contributed by atoms with E-state index in [4.69, 9.17) is 16.3 Å². The quantitative estimate of drug-likeness (QED) is 0.476. The number of hydrogen-bond donors (Lipinski definition) is 0. The molecule has 11 heavy (non-hydrogen) atoms. The van der Waals surface area contributed by atoms with Crippen molar-refractivity contribution in [3.8, 4) is 0 Å². The lowest BCUT2D eigenvalue weighted by atomic mass is 9.78. The molecule has 1 aliphatic rings. The third-order valence-corrected chi connectivity index (χ3v) is 3.17. The van der Waals surface area contributed by atoms with Crippen molar-refractivity contribution in [2.24, 2.45) is 0 Å². The number of ether oxygens (including phenoxy) is 1. The number of halogens is 1. The Morgan fingerprint density at radius 3 is 2.00 bits per heavy atom. The molecule has 0 aliphatic carbocycles. The van der Waals surface area contributed by atoms with Crippen LogP contribution in [0.4, 0.5) is 0 Å². The molecule has 0 saturated carbocycles. The van der Waals surface area contributed by atoms with E-state index in [1.807, 2.05) is 13.8 Å². The van der Waals surface area contributed by atoms with Gasteiger partial charge in [-0.05, 0) is 19.8 Å². The average Bonchev–Trinajstić information content (AvgIpc) is 1.99. The van der Waals surface area contributed by atoms with E-state index >= 15 is 0 Å². The maximum Gasteiger partial charge on any atom is 0.331 e. The van der Waals surface area contributed by atoms with Gasteiger partial charge in [0.1, 0.15) is 5.60 Å². The van der Waals surface area contributed by atoms with Crippen molar-refractivity contribution in [3.63, 3.8) is 0 Å². The highest BCUT2D eigenvalue weighted by atomic mass is 35.5. The van der Waals surface area contributed by atoms with Crippen molar-refractivity contribution in [1.29, 1.82) is 0 Å². The summed E-state index contributed by atoms with van der Waals surface area (Å²) in [5, 5.41) is 0. The number of carbonyl (C=O) groups excluding carboxylic acids is 1. The third-order valence-electron chi connectivity index (χ3n) is 2.67. The molecule has 1 heterocycles. The Balaban J connectivity index is 2.83. The molecule has 0 unspecified atom stereocenters. The van der Waals surface area contributed by atoms with Gasteiger partial charge in [0.2, 0.25) is 0 Å². The minimum Gasteiger partial charge on any atom is -0.455 e. The second-order valence-corrected chi connectivity index (χ2v) is 3.85. The lowest BCUT2D eigenvalue weighted by molar-refractivity contribution is -0.205. The number of esters is 1. The number of rotatable bonds is 2. The first kappa shape index (κ1) is 8.85. The van der Waals surface area contributed by atoms with Gasteiger partial charge in [-0.15, -0.1) is 11.6 Å². The lowest BCUT2D eigenvalue weighted by Gasteiger charge is -2.50. The molecule has 1 rings (SSSR count). The molecule has 1 aliphatic heterocycles. The minimum atomic E-state index is -0.795. The standard InChI is InChI=1S/C8H13ClO2/c1-4-8(5-2)7(3,9)6(10)11-8/h4-5H2,1-3H3/t7-/m1/s1. The Bertz CT molecular complexity index is 183. The van der Waals surface area contributed by atoms with Crippen molar-refractivity contribution in [3.05, 3.63) is 0 Å². The molecule has 0 aromatic rings. The van der Waals surface area contributed by atoms with Crippen LogP contribution in [0.5, 0.6) is 0 Å². The highest BCUT2D eigenvalue weighted by Crippen LogP contribution is 2.47. The fraction of sp³-hybridized carbons (Fsp3) is 0.875. The normalized spacial score (nSPS) is 34.4. The van der Waals surface area contributed by atoms with Gasteiger partial charge in [0.05, 0.1) is 0 Å². The van der Waals surface area contributed by atoms with E-state index in [1.165, 1.54) is 0 Å².